The van der Waals surface area contributed by atoms with Crippen molar-refractivity contribution in [3.63, 3.8) is 0 Å². The summed E-state index contributed by atoms with van der Waals surface area (Å²) >= 11 is 0. The van der Waals surface area contributed by atoms with Gasteiger partial charge in [-0.25, -0.2) is 0 Å². The number of hydrogen-bond acceptors (Lipinski definition) is 3. The molecule has 30 heavy (non-hydrogen) atoms. The van der Waals surface area contributed by atoms with Gasteiger partial charge >= 0.3 is 6.36 Å². The number of alkyl halides is 3. The van der Waals surface area contributed by atoms with E-state index in [0.29, 0.717) is 6.42 Å². The van der Waals surface area contributed by atoms with Crippen LogP contribution in [0.25, 0.3) is 0 Å². The number of halogens is 3. The van der Waals surface area contributed by atoms with Gasteiger partial charge in [0.05, 0.1) is 6.04 Å². The van der Waals surface area contributed by atoms with E-state index < -0.39 is 12.3 Å². The van der Waals surface area contributed by atoms with Crippen LogP contribution in [0.4, 0.5) is 13.2 Å². The van der Waals surface area contributed by atoms with Gasteiger partial charge in [-0.2, -0.15) is 0 Å². The van der Waals surface area contributed by atoms with E-state index in [9.17, 15) is 22.8 Å². The molecule has 160 valence electrons. The highest BCUT2D eigenvalue weighted by Crippen LogP contribution is 2.29. The van der Waals surface area contributed by atoms with Crippen LogP contribution in [0.15, 0.2) is 48.5 Å². The fraction of sp³-hybridized carbons (Fsp3) is 0.364. The quantitative estimate of drug-likeness (QED) is 0.657. The van der Waals surface area contributed by atoms with Crippen molar-refractivity contribution in [2.45, 2.75) is 44.5 Å². The van der Waals surface area contributed by atoms with E-state index in [1.807, 2.05) is 18.2 Å². The van der Waals surface area contributed by atoms with Crippen LogP contribution in [0, 0.1) is 0 Å². The first kappa shape index (κ1) is 21.7. The van der Waals surface area contributed by atoms with Crippen LogP contribution < -0.4 is 15.4 Å². The highest BCUT2D eigenvalue weighted by atomic mass is 19.4. The SMILES string of the molecule is O=C(CCCNC(=O)c1ccc(OC(F)(F)F)cc1)N[C@@H]1CCCc2ccccc21. The maximum atomic E-state index is 12.3. The van der Waals surface area contributed by atoms with Gasteiger partial charge in [0.1, 0.15) is 5.75 Å². The number of fused-ring (bicyclic) bond motifs is 1. The number of carbonyl (C=O) groups excluding carboxylic acids is 2. The summed E-state index contributed by atoms with van der Waals surface area (Å²) < 4.78 is 40.2. The summed E-state index contributed by atoms with van der Waals surface area (Å²) in [7, 11) is 0. The molecule has 0 heterocycles. The fourth-order valence-electron chi connectivity index (χ4n) is 3.53. The van der Waals surface area contributed by atoms with E-state index >= 15 is 0 Å². The molecule has 0 unspecified atom stereocenters. The minimum Gasteiger partial charge on any atom is -0.406 e. The molecule has 8 heteroatoms. The molecule has 0 aliphatic heterocycles. The minimum atomic E-state index is -4.77. The van der Waals surface area contributed by atoms with E-state index in [-0.39, 0.29) is 36.2 Å². The highest BCUT2D eigenvalue weighted by molar-refractivity contribution is 5.94. The first-order chi connectivity index (χ1) is 14.3. The van der Waals surface area contributed by atoms with Crippen LogP contribution in [0.5, 0.6) is 5.75 Å². The normalized spacial score (nSPS) is 15.8. The number of hydrogen-bond donors (Lipinski definition) is 2. The lowest BCUT2D eigenvalue weighted by Crippen LogP contribution is -2.32. The molecule has 0 saturated carbocycles. The van der Waals surface area contributed by atoms with E-state index in [0.717, 1.165) is 31.4 Å². The fourth-order valence-corrected chi connectivity index (χ4v) is 3.53. The number of carbonyl (C=O) groups is 2. The Labute approximate surface area is 172 Å². The second kappa shape index (κ2) is 9.65. The van der Waals surface area contributed by atoms with Crippen LogP contribution in [0.1, 0.15) is 53.2 Å². The van der Waals surface area contributed by atoms with Gasteiger partial charge < -0.3 is 15.4 Å². The average molecular weight is 420 g/mol. The number of ether oxygens (including phenoxy) is 1. The molecule has 0 saturated heterocycles. The number of rotatable bonds is 7. The van der Waals surface area contributed by atoms with Crippen LogP contribution in [-0.2, 0) is 11.2 Å². The standard InChI is InChI=1S/C22H23F3N2O3/c23-22(24,25)30-17-12-10-16(11-13-17)21(29)26-14-4-9-20(28)27-19-8-3-6-15-5-1-2-7-18(15)19/h1-2,5,7,10-13,19H,3-4,6,8-9,14H2,(H,26,29)(H,27,28)/t19-/m1/s1. The molecule has 3 rings (SSSR count). The third-order valence-corrected chi connectivity index (χ3v) is 4.92. The summed E-state index contributed by atoms with van der Waals surface area (Å²) in [5, 5.41) is 5.72. The van der Waals surface area contributed by atoms with Gasteiger partial charge in [-0.15, -0.1) is 13.2 Å². The zero-order chi connectivity index (χ0) is 21.6. The topological polar surface area (TPSA) is 67.4 Å². The molecule has 0 fully saturated rings. The van der Waals surface area contributed by atoms with Gasteiger partial charge in [-0.3, -0.25) is 9.59 Å². The molecule has 1 aliphatic carbocycles. The predicted molar refractivity (Wildman–Crippen MR) is 105 cm³/mol. The second-order valence-electron chi connectivity index (χ2n) is 7.14. The smallest absolute Gasteiger partial charge is 0.406 e. The molecule has 5 nitrogen and oxygen atoms in total. The molecular weight excluding hydrogens is 397 g/mol. The summed E-state index contributed by atoms with van der Waals surface area (Å²) in [5.41, 5.74) is 2.66. The number of aryl methyl sites for hydroxylation is 1. The Bertz CT molecular complexity index is 882. The summed E-state index contributed by atoms with van der Waals surface area (Å²) in [6.07, 6.45) is -1.07. The van der Waals surface area contributed by atoms with Crippen molar-refractivity contribution in [2.75, 3.05) is 6.54 Å². The predicted octanol–water partition coefficient (Wildman–Crippen LogP) is 4.29. The third-order valence-electron chi connectivity index (χ3n) is 4.92. The van der Waals surface area contributed by atoms with Gasteiger partial charge in [0.2, 0.25) is 5.91 Å². The van der Waals surface area contributed by atoms with Crippen molar-refractivity contribution < 1.29 is 27.5 Å². The largest absolute Gasteiger partial charge is 0.573 e. The molecule has 0 aromatic heterocycles. The summed E-state index contributed by atoms with van der Waals surface area (Å²) in [5.74, 6) is -0.880. The van der Waals surface area contributed by atoms with Gasteiger partial charge in [-0.1, -0.05) is 24.3 Å². The molecule has 0 spiro atoms. The molecule has 1 atom stereocenters. The van der Waals surface area contributed by atoms with E-state index in [1.165, 1.54) is 23.3 Å². The molecule has 2 aromatic rings. The van der Waals surface area contributed by atoms with Gasteiger partial charge in [0, 0.05) is 18.5 Å². The molecule has 0 bridgehead atoms. The lowest BCUT2D eigenvalue weighted by atomic mass is 9.87. The maximum absolute atomic E-state index is 12.3. The maximum Gasteiger partial charge on any atom is 0.573 e. The molecule has 2 amide bonds. The van der Waals surface area contributed by atoms with Gasteiger partial charge in [0.15, 0.2) is 0 Å². The van der Waals surface area contributed by atoms with Crippen molar-refractivity contribution in [3.8, 4) is 5.75 Å². The summed E-state index contributed by atoms with van der Waals surface area (Å²) in [6, 6.07) is 12.8. The lowest BCUT2D eigenvalue weighted by molar-refractivity contribution is -0.274. The van der Waals surface area contributed by atoms with E-state index in [4.69, 9.17) is 0 Å². The molecule has 1 aliphatic rings. The van der Waals surface area contributed by atoms with Crippen molar-refractivity contribution >= 4 is 11.8 Å². The number of nitrogens with one attached hydrogen (secondary N) is 2. The first-order valence-corrected chi connectivity index (χ1v) is 9.83. The van der Waals surface area contributed by atoms with Crippen molar-refractivity contribution in [2.24, 2.45) is 0 Å². The van der Waals surface area contributed by atoms with Crippen molar-refractivity contribution in [1.82, 2.24) is 10.6 Å². The Hall–Kier alpha value is -3.03. The average Bonchev–Trinajstić information content (AvgIpc) is 2.71. The summed E-state index contributed by atoms with van der Waals surface area (Å²) in [4.78, 5) is 24.3. The zero-order valence-electron chi connectivity index (χ0n) is 16.3. The molecule has 2 aromatic carbocycles. The Kier molecular flexibility index (Phi) is 6.97. The van der Waals surface area contributed by atoms with Crippen LogP contribution in [-0.4, -0.2) is 24.7 Å². The number of amides is 2. The van der Waals surface area contributed by atoms with Crippen molar-refractivity contribution in [3.05, 3.63) is 65.2 Å². The Morgan fingerprint density at radius 3 is 2.53 bits per heavy atom. The van der Waals surface area contributed by atoms with Crippen LogP contribution in [0.3, 0.4) is 0 Å². The monoisotopic (exact) mass is 420 g/mol. The van der Waals surface area contributed by atoms with Gasteiger partial charge in [0.25, 0.3) is 5.91 Å². The zero-order valence-corrected chi connectivity index (χ0v) is 16.3. The van der Waals surface area contributed by atoms with Gasteiger partial charge in [-0.05, 0) is 61.1 Å². The molecule has 0 radical (unpaired) electrons. The molecular formula is C22H23F3N2O3. The highest BCUT2D eigenvalue weighted by Gasteiger charge is 2.31. The first-order valence-electron chi connectivity index (χ1n) is 9.83. The van der Waals surface area contributed by atoms with E-state index in [2.05, 4.69) is 21.4 Å². The van der Waals surface area contributed by atoms with E-state index in [1.54, 1.807) is 0 Å². The second-order valence-corrected chi connectivity index (χ2v) is 7.14. The lowest BCUT2D eigenvalue weighted by Gasteiger charge is -2.26. The van der Waals surface area contributed by atoms with Crippen LogP contribution in [0.2, 0.25) is 0 Å². The third kappa shape index (κ3) is 6.23. The number of benzene rings is 2. The molecule has 2 N–H and O–H groups in total. The Morgan fingerprint density at radius 1 is 1.07 bits per heavy atom. The van der Waals surface area contributed by atoms with Crippen LogP contribution >= 0.6 is 0 Å². The minimum absolute atomic E-state index is 0.0227. The Morgan fingerprint density at radius 2 is 1.80 bits per heavy atom. The summed E-state index contributed by atoms with van der Waals surface area (Å²) in [6.45, 7) is 0.286. The van der Waals surface area contributed by atoms with Crippen molar-refractivity contribution in [1.29, 1.82) is 0 Å². The Balaban J connectivity index is 1.40.